The van der Waals surface area contributed by atoms with Gasteiger partial charge in [0.2, 0.25) is 11.8 Å². The van der Waals surface area contributed by atoms with E-state index in [1.54, 1.807) is 22.9 Å². The zero-order chi connectivity index (χ0) is 26.6. The summed E-state index contributed by atoms with van der Waals surface area (Å²) in [6, 6.07) is 3.80. The van der Waals surface area contributed by atoms with E-state index < -0.39 is 35.6 Å². The van der Waals surface area contributed by atoms with Gasteiger partial charge in [-0.05, 0) is 24.5 Å². The first-order chi connectivity index (χ1) is 17.7. The van der Waals surface area contributed by atoms with Crippen LogP contribution in [0, 0.1) is 24.7 Å². The van der Waals surface area contributed by atoms with Crippen molar-refractivity contribution in [2.24, 2.45) is 17.8 Å². The van der Waals surface area contributed by atoms with Gasteiger partial charge in [-0.1, -0.05) is 68.3 Å². The quantitative estimate of drug-likeness (QED) is 0.594. The van der Waals surface area contributed by atoms with Gasteiger partial charge in [0, 0.05) is 20.1 Å². The maximum Gasteiger partial charge on any atom is 0.253 e. The van der Waals surface area contributed by atoms with Gasteiger partial charge in [-0.15, -0.1) is 0 Å². The lowest BCUT2D eigenvalue weighted by atomic mass is 9.77. The number of hydrogen-bond donors (Lipinski definition) is 1. The first kappa shape index (κ1) is 25.9. The number of amides is 3. The van der Waals surface area contributed by atoms with Crippen molar-refractivity contribution < 1.29 is 24.2 Å². The number of ether oxygens (including phenoxy) is 1. The summed E-state index contributed by atoms with van der Waals surface area (Å²) in [4.78, 5) is 47.1. The summed E-state index contributed by atoms with van der Waals surface area (Å²) in [6.07, 6.45) is 7.43. The van der Waals surface area contributed by atoms with Crippen LogP contribution in [0.15, 0.2) is 42.5 Å². The zero-order valence-corrected chi connectivity index (χ0v) is 22.4. The number of para-hydroxylation sites is 1. The second-order valence-electron chi connectivity index (χ2n) is 10.6. The van der Waals surface area contributed by atoms with Crippen molar-refractivity contribution in [1.82, 2.24) is 9.80 Å². The monoisotopic (exact) mass is 527 g/mol. The fraction of sp³-hybridized carbons (Fsp3) is 0.536. The molecule has 1 spiro atoms. The summed E-state index contributed by atoms with van der Waals surface area (Å²) in [7, 11) is 1.71. The van der Waals surface area contributed by atoms with Gasteiger partial charge in [0.25, 0.3) is 5.91 Å². The third kappa shape index (κ3) is 3.75. The maximum atomic E-state index is 14.5. The van der Waals surface area contributed by atoms with E-state index in [1.165, 1.54) is 4.90 Å². The number of nitrogens with zero attached hydrogens (tertiary/aromatic N) is 3. The largest absolute Gasteiger partial charge is 0.394 e. The van der Waals surface area contributed by atoms with E-state index in [0.717, 1.165) is 5.56 Å². The summed E-state index contributed by atoms with van der Waals surface area (Å²) >= 11 is 6.59. The molecule has 0 bridgehead atoms. The van der Waals surface area contributed by atoms with Crippen LogP contribution in [0.5, 0.6) is 0 Å². The van der Waals surface area contributed by atoms with E-state index in [9.17, 15) is 19.5 Å². The first-order valence-electron chi connectivity index (χ1n) is 12.9. The van der Waals surface area contributed by atoms with E-state index >= 15 is 0 Å². The summed E-state index contributed by atoms with van der Waals surface area (Å²) < 4.78 is 6.64. The molecule has 3 amide bonds. The van der Waals surface area contributed by atoms with Crippen molar-refractivity contribution in [3.8, 4) is 0 Å². The third-order valence-corrected chi connectivity index (χ3v) is 8.91. The van der Waals surface area contributed by atoms with Crippen LogP contribution in [0.1, 0.15) is 25.8 Å². The molecule has 4 heterocycles. The smallest absolute Gasteiger partial charge is 0.253 e. The number of hydrogen-bond acceptors (Lipinski definition) is 5. The van der Waals surface area contributed by atoms with E-state index in [1.807, 2.05) is 57.2 Å². The molecule has 8 nitrogen and oxygen atoms in total. The topological polar surface area (TPSA) is 90.4 Å². The van der Waals surface area contributed by atoms with Crippen LogP contribution in [0.25, 0.3) is 0 Å². The average molecular weight is 528 g/mol. The third-order valence-electron chi connectivity index (χ3n) is 8.60. The average Bonchev–Trinajstić information content (AvgIpc) is 3.20. The Kier molecular flexibility index (Phi) is 6.71. The van der Waals surface area contributed by atoms with E-state index in [0.29, 0.717) is 23.7 Å². The van der Waals surface area contributed by atoms with Gasteiger partial charge >= 0.3 is 0 Å². The first-order valence-corrected chi connectivity index (χ1v) is 13.3. The van der Waals surface area contributed by atoms with Gasteiger partial charge < -0.3 is 24.5 Å². The minimum absolute atomic E-state index is 0.0800. The van der Waals surface area contributed by atoms with Gasteiger partial charge in [0.1, 0.15) is 11.6 Å². The molecule has 9 heteroatoms. The van der Waals surface area contributed by atoms with E-state index in [-0.39, 0.29) is 36.8 Å². The summed E-state index contributed by atoms with van der Waals surface area (Å²) in [5.74, 6) is -2.57. The molecule has 5 rings (SSSR count). The molecule has 4 aliphatic rings. The van der Waals surface area contributed by atoms with Crippen LogP contribution in [-0.2, 0) is 19.1 Å². The molecule has 1 aromatic rings. The molecule has 0 saturated carbocycles. The predicted molar refractivity (Wildman–Crippen MR) is 140 cm³/mol. The number of aryl methyl sites for hydroxylation is 1. The Morgan fingerprint density at radius 3 is 2.59 bits per heavy atom. The van der Waals surface area contributed by atoms with E-state index in [2.05, 4.69) is 0 Å². The Hall–Kier alpha value is -2.68. The molecule has 7 atom stereocenters. The molecule has 0 aromatic heterocycles. The number of likely N-dealkylation sites (tertiary alicyclic amines) is 1. The fourth-order valence-corrected chi connectivity index (χ4v) is 6.86. The molecule has 1 unspecified atom stereocenters. The zero-order valence-electron chi connectivity index (χ0n) is 21.6. The minimum atomic E-state index is -1.34. The fourth-order valence-electron chi connectivity index (χ4n) is 6.54. The summed E-state index contributed by atoms with van der Waals surface area (Å²) in [5.41, 5.74) is 0.0705. The molecule has 37 heavy (non-hydrogen) atoms. The highest BCUT2D eigenvalue weighted by Gasteiger charge is 2.72. The molecule has 2 saturated heterocycles. The number of likely N-dealkylation sites (N-methyl/N-ethyl adjacent to an activating group) is 1. The van der Waals surface area contributed by atoms with Crippen LogP contribution < -0.4 is 4.90 Å². The van der Waals surface area contributed by atoms with Crippen molar-refractivity contribution in [2.75, 3.05) is 31.6 Å². The molecule has 1 N–H and O–H groups in total. The number of aliphatic hydroxyl groups excluding tert-OH is 1. The minimum Gasteiger partial charge on any atom is -0.394 e. The molecular formula is C28H34ClN3O5. The number of aliphatic hydroxyl groups is 1. The Labute approximate surface area is 222 Å². The highest BCUT2D eigenvalue weighted by Crippen LogP contribution is 2.54. The molecule has 0 radical (unpaired) electrons. The number of carbonyl (C=O) groups excluding carboxylic acids is 3. The van der Waals surface area contributed by atoms with Gasteiger partial charge in [-0.3, -0.25) is 14.4 Å². The van der Waals surface area contributed by atoms with Crippen LogP contribution >= 0.6 is 11.6 Å². The van der Waals surface area contributed by atoms with Gasteiger partial charge in [0.05, 0.1) is 41.3 Å². The van der Waals surface area contributed by atoms with Crippen molar-refractivity contribution in [2.45, 2.75) is 51.0 Å². The normalized spacial score (nSPS) is 32.7. The second kappa shape index (κ2) is 9.57. The number of halogens is 1. The number of anilines is 1. The van der Waals surface area contributed by atoms with Crippen molar-refractivity contribution in [3.63, 3.8) is 0 Å². The Morgan fingerprint density at radius 1 is 1.16 bits per heavy atom. The summed E-state index contributed by atoms with van der Waals surface area (Å²) in [6.45, 7) is 6.20. The molecular weight excluding hydrogens is 494 g/mol. The Balaban J connectivity index is 1.69. The van der Waals surface area contributed by atoms with Crippen molar-refractivity contribution >= 4 is 35.0 Å². The van der Waals surface area contributed by atoms with Crippen LogP contribution in [0.3, 0.4) is 0 Å². The van der Waals surface area contributed by atoms with Gasteiger partial charge in [0.15, 0.2) is 0 Å². The standard InChI is InChI=1S/C28H34ClN3O5/c1-5-16(2)19(15-33)32-24-27(36)31(23-17(3)9-6-10-18(23)29)14-8-12-28(24)22(26(32)35)21-20(37-28)11-7-13-30(4)25(21)34/h6-12,16,19-22,24,33H,5,13-15H2,1-4H3/t16-,19-,20+,21-,22-,24?,28-/m0/s1. The molecule has 4 aliphatic heterocycles. The van der Waals surface area contributed by atoms with E-state index in [4.69, 9.17) is 16.3 Å². The lowest BCUT2D eigenvalue weighted by Gasteiger charge is -2.40. The molecule has 1 aromatic carbocycles. The Bertz CT molecular complexity index is 1160. The van der Waals surface area contributed by atoms with Crippen molar-refractivity contribution in [3.05, 3.63) is 53.1 Å². The number of carbonyl (C=O) groups is 3. The second-order valence-corrected chi connectivity index (χ2v) is 11.0. The summed E-state index contributed by atoms with van der Waals surface area (Å²) in [5, 5.41) is 10.9. The van der Waals surface area contributed by atoms with Crippen LogP contribution in [0.4, 0.5) is 5.69 Å². The van der Waals surface area contributed by atoms with Crippen molar-refractivity contribution in [1.29, 1.82) is 0 Å². The maximum absolute atomic E-state index is 14.5. The highest BCUT2D eigenvalue weighted by atomic mass is 35.5. The molecule has 198 valence electrons. The van der Waals surface area contributed by atoms with Crippen LogP contribution in [-0.4, -0.2) is 83.2 Å². The number of benzene rings is 1. The van der Waals surface area contributed by atoms with Crippen LogP contribution in [0.2, 0.25) is 5.02 Å². The molecule has 2 fully saturated rings. The SMILES string of the molecule is CC[C@H](C)[C@H](CO)N1C(=O)[C@@H]2[C@H]3C(=O)N(C)CC=C[C@H]3O[C@@]23C=CCN(c2c(C)cccc2Cl)C(=O)C13. The Morgan fingerprint density at radius 2 is 1.92 bits per heavy atom. The number of rotatable bonds is 5. The number of fused-ring (bicyclic) bond motifs is 2. The predicted octanol–water partition coefficient (Wildman–Crippen LogP) is 2.57. The van der Waals surface area contributed by atoms with Gasteiger partial charge in [-0.2, -0.15) is 0 Å². The highest BCUT2D eigenvalue weighted by molar-refractivity contribution is 6.34. The molecule has 0 aliphatic carbocycles. The lowest BCUT2D eigenvalue weighted by Crippen LogP contribution is -2.59. The lowest BCUT2D eigenvalue weighted by molar-refractivity contribution is -0.147. The van der Waals surface area contributed by atoms with Gasteiger partial charge in [-0.25, -0.2) is 0 Å².